The molecule has 68 valence electrons. The van der Waals surface area contributed by atoms with Gasteiger partial charge in [-0.3, -0.25) is 4.98 Å². The Morgan fingerprint density at radius 2 is 2.14 bits per heavy atom. The lowest BCUT2D eigenvalue weighted by atomic mass is 10.2. The Balaban J connectivity index is 2.57. The Kier molecular flexibility index (Phi) is 1.39. The van der Waals surface area contributed by atoms with Crippen molar-refractivity contribution in [3.8, 4) is 0 Å². The summed E-state index contributed by atoms with van der Waals surface area (Å²) in [5.74, 6) is 0. The van der Waals surface area contributed by atoms with Gasteiger partial charge in [0.1, 0.15) is 0 Å². The van der Waals surface area contributed by atoms with Crippen molar-refractivity contribution in [2.45, 2.75) is 6.92 Å². The quantitative estimate of drug-likeness (QED) is 0.522. The molecule has 0 fully saturated rings. The third-order valence-electron chi connectivity index (χ3n) is 2.53. The van der Waals surface area contributed by atoms with Crippen LogP contribution in [0.4, 0.5) is 0 Å². The van der Waals surface area contributed by atoms with Crippen LogP contribution in [0.1, 0.15) is 5.56 Å². The van der Waals surface area contributed by atoms with E-state index in [1.165, 1.54) is 16.5 Å². The van der Waals surface area contributed by atoms with E-state index in [0.29, 0.717) is 0 Å². The topological polar surface area (TPSA) is 17.3 Å². The van der Waals surface area contributed by atoms with Crippen LogP contribution in [0, 0.1) is 6.92 Å². The third kappa shape index (κ3) is 0.940. The summed E-state index contributed by atoms with van der Waals surface area (Å²) < 4.78 is 2.15. The van der Waals surface area contributed by atoms with Gasteiger partial charge in [0, 0.05) is 17.8 Å². The molecule has 0 radical (unpaired) electrons. The van der Waals surface area contributed by atoms with E-state index in [0.717, 1.165) is 5.52 Å². The van der Waals surface area contributed by atoms with E-state index in [-0.39, 0.29) is 0 Å². The molecule has 0 spiro atoms. The monoisotopic (exact) mass is 182 g/mol. The van der Waals surface area contributed by atoms with Gasteiger partial charge in [0.25, 0.3) is 0 Å². The van der Waals surface area contributed by atoms with Crippen LogP contribution in [0.5, 0.6) is 0 Å². The maximum Gasteiger partial charge on any atom is 0.0645 e. The van der Waals surface area contributed by atoms with E-state index in [9.17, 15) is 0 Å². The second kappa shape index (κ2) is 2.58. The van der Waals surface area contributed by atoms with Crippen LogP contribution >= 0.6 is 0 Å². The molecule has 0 aliphatic heterocycles. The lowest BCUT2D eigenvalue weighted by molar-refractivity contribution is 1.18. The zero-order valence-electron chi connectivity index (χ0n) is 7.94. The van der Waals surface area contributed by atoms with Crippen molar-refractivity contribution in [3.63, 3.8) is 0 Å². The lowest BCUT2D eigenvalue weighted by Crippen LogP contribution is -1.83. The fourth-order valence-corrected chi connectivity index (χ4v) is 1.87. The Morgan fingerprint density at radius 3 is 3.07 bits per heavy atom. The summed E-state index contributed by atoms with van der Waals surface area (Å²) in [6, 6.07) is 8.64. The molecule has 2 heterocycles. The first-order valence-corrected chi connectivity index (χ1v) is 4.66. The normalized spacial score (nSPS) is 11.2. The SMILES string of the molecule is Cc1ccc2c(c1)cc1cnccn12. The van der Waals surface area contributed by atoms with Crippen molar-refractivity contribution >= 4 is 16.4 Å². The molecule has 2 aromatic heterocycles. The summed E-state index contributed by atoms with van der Waals surface area (Å²) in [6.07, 6.45) is 5.69. The molecule has 14 heavy (non-hydrogen) atoms. The van der Waals surface area contributed by atoms with Crippen molar-refractivity contribution in [2.75, 3.05) is 0 Å². The maximum absolute atomic E-state index is 4.11. The summed E-state index contributed by atoms with van der Waals surface area (Å²) in [6.45, 7) is 2.11. The number of hydrogen-bond acceptors (Lipinski definition) is 1. The molecular weight excluding hydrogens is 172 g/mol. The van der Waals surface area contributed by atoms with Crippen molar-refractivity contribution in [3.05, 3.63) is 48.4 Å². The highest BCUT2D eigenvalue weighted by atomic mass is 14.9. The number of hydrogen-bond donors (Lipinski definition) is 0. The summed E-state index contributed by atoms with van der Waals surface area (Å²) >= 11 is 0. The molecule has 0 aliphatic rings. The molecule has 3 aromatic rings. The molecule has 0 saturated carbocycles. The first kappa shape index (κ1) is 7.56. The standard InChI is InChI=1S/C12H10N2/c1-9-2-3-12-10(6-9)7-11-8-13-4-5-14(11)12/h2-8H,1H3. The molecule has 0 saturated heterocycles. The van der Waals surface area contributed by atoms with Crippen molar-refractivity contribution in [1.82, 2.24) is 9.38 Å². The highest BCUT2D eigenvalue weighted by molar-refractivity contribution is 5.87. The van der Waals surface area contributed by atoms with Crippen molar-refractivity contribution in [2.24, 2.45) is 0 Å². The van der Waals surface area contributed by atoms with Gasteiger partial charge in [-0.15, -0.1) is 0 Å². The van der Waals surface area contributed by atoms with Gasteiger partial charge in [-0.1, -0.05) is 11.6 Å². The first-order valence-electron chi connectivity index (χ1n) is 4.66. The minimum atomic E-state index is 1.15. The molecule has 0 atom stereocenters. The number of fused-ring (bicyclic) bond motifs is 3. The number of aromatic nitrogens is 2. The Hall–Kier alpha value is -1.83. The predicted molar refractivity (Wildman–Crippen MR) is 57.4 cm³/mol. The molecule has 0 bridgehead atoms. The van der Waals surface area contributed by atoms with E-state index in [1.807, 2.05) is 18.6 Å². The highest BCUT2D eigenvalue weighted by Gasteiger charge is 2.00. The summed E-state index contributed by atoms with van der Waals surface area (Å²) in [4.78, 5) is 4.11. The average Bonchev–Trinajstić information content (AvgIpc) is 2.54. The van der Waals surface area contributed by atoms with Crippen LogP contribution in [-0.4, -0.2) is 9.38 Å². The first-order chi connectivity index (χ1) is 6.84. The Labute approximate surface area is 81.8 Å². The predicted octanol–water partition coefficient (Wildman–Crippen LogP) is 2.80. The fraction of sp³-hybridized carbons (Fsp3) is 0.0833. The minimum Gasteiger partial charge on any atom is -0.313 e. The molecule has 1 aromatic carbocycles. The maximum atomic E-state index is 4.11. The molecule has 0 amide bonds. The molecule has 2 nitrogen and oxygen atoms in total. The van der Waals surface area contributed by atoms with Crippen molar-refractivity contribution < 1.29 is 0 Å². The largest absolute Gasteiger partial charge is 0.313 e. The van der Waals surface area contributed by atoms with E-state index in [2.05, 4.69) is 40.6 Å². The van der Waals surface area contributed by atoms with E-state index >= 15 is 0 Å². The summed E-state index contributed by atoms with van der Waals surface area (Å²) in [5.41, 5.74) is 3.68. The van der Waals surface area contributed by atoms with Gasteiger partial charge in [0.15, 0.2) is 0 Å². The van der Waals surface area contributed by atoms with Crippen molar-refractivity contribution in [1.29, 1.82) is 0 Å². The van der Waals surface area contributed by atoms with Gasteiger partial charge >= 0.3 is 0 Å². The molecule has 3 rings (SSSR count). The van der Waals surface area contributed by atoms with Crippen LogP contribution in [0.25, 0.3) is 16.4 Å². The van der Waals surface area contributed by atoms with Crippen LogP contribution in [0.2, 0.25) is 0 Å². The second-order valence-electron chi connectivity index (χ2n) is 3.58. The summed E-state index contributed by atoms with van der Waals surface area (Å²) in [5, 5.41) is 1.28. The Bertz CT molecular complexity index is 608. The number of rotatable bonds is 0. The van der Waals surface area contributed by atoms with E-state index in [4.69, 9.17) is 0 Å². The number of nitrogens with zero attached hydrogens (tertiary/aromatic N) is 2. The van der Waals surface area contributed by atoms with Gasteiger partial charge in [0.05, 0.1) is 17.2 Å². The van der Waals surface area contributed by atoms with E-state index in [1.54, 1.807) is 0 Å². The summed E-state index contributed by atoms with van der Waals surface area (Å²) in [7, 11) is 0. The zero-order chi connectivity index (χ0) is 9.54. The van der Waals surface area contributed by atoms with Crippen LogP contribution in [0.15, 0.2) is 42.9 Å². The highest BCUT2D eigenvalue weighted by Crippen LogP contribution is 2.20. The van der Waals surface area contributed by atoms with Gasteiger partial charge in [-0.25, -0.2) is 0 Å². The molecule has 0 unspecified atom stereocenters. The Morgan fingerprint density at radius 1 is 1.21 bits per heavy atom. The minimum absolute atomic E-state index is 1.15. The number of benzene rings is 1. The fourth-order valence-electron chi connectivity index (χ4n) is 1.87. The van der Waals surface area contributed by atoms with Crippen LogP contribution in [-0.2, 0) is 0 Å². The van der Waals surface area contributed by atoms with E-state index < -0.39 is 0 Å². The smallest absolute Gasteiger partial charge is 0.0645 e. The van der Waals surface area contributed by atoms with Gasteiger partial charge in [-0.2, -0.15) is 0 Å². The number of aryl methyl sites for hydroxylation is 1. The van der Waals surface area contributed by atoms with Gasteiger partial charge in [-0.05, 0) is 25.1 Å². The molecule has 0 N–H and O–H groups in total. The lowest BCUT2D eigenvalue weighted by Gasteiger charge is -1.95. The van der Waals surface area contributed by atoms with Gasteiger partial charge < -0.3 is 4.40 Å². The van der Waals surface area contributed by atoms with Gasteiger partial charge in [0.2, 0.25) is 0 Å². The second-order valence-corrected chi connectivity index (χ2v) is 3.58. The molecule has 0 aliphatic carbocycles. The van der Waals surface area contributed by atoms with Crippen LogP contribution < -0.4 is 0 Å². The third-order valence-corrected chi connectivity index (χ3v) is 2.53. The molecule has 2 heteroatoms. The van der Waals surface area contributed by atoms with Crippen LogP contribution in [0.3, 0.4) is 0 Å². The average molecular weight is 182 g/mol. The molecular formula is C12H10N2. The zero-order valence-corrected chi connectivity index (χ0v) is 7.94.